The zero-order chi connectivity index (χ0) is 36.6. The number of carbonyl (C=O) groups is 1. The summed E-state index contributed by atoms with van der Waals surface area (Å²) in [6, 6.07) is 0. The number of aliphatic hydroxyl groups excluding tert-OH is 8. The van der Waals surface area contributed by atoms with E-state index in [4.69, 9.17) is 29.2 Å². The highest BCUT2D eigenvalue weighted by Crippen LogP contribution is 2.31. The van der Waals surface area contributed by atoms with Crippen molar-refractivity contribution in [1.29, 1.82) is 0 Å². The van der Waals surface area contributed by atoms with Gasteiger partial charge in [-0.2, -0.15) is 0 Å². The first-order valence-corrected chi connectivity index (χ1v) is 16.2. The first-order chi connectivity index (χ1) is 21.5. The summed E-state index contributed by atoms with van der Waals surface area (Å²) in [5.41, 5.74) is -3.01. The van der Waals surface area contributed by atoms with Crippen LogP contribution in [0.1, 0.15) is 74.7 Å². The van der Waals surface area contributed by atoms with Gasteiger partial charge in [-0.25, -0.2) is 0 Å². The minimum absolute atomic E-state index is 0.0930. The molecule has 6 atom stereocenters. The minimum Gasteiger partial charge on any atom is -0.481 e. The van der Waals surface area contributed by atoms with E-state index in [1.807, 2.05) is 41.5 Å². The zero-order valence-electron chi connectivity index (χ0n) is 29.7. The van der Waals surface area contributed by atoms with E-state index in [-0.39, 0.29) is 65.5 Å². The molecule has 9 N–H and O–H groups in total. The van der Waals surface area contributed by atoms with E-state index < -0.39 is 78.0 Å². The Labute approximate surface area is 280 Å². The number of nitrogens with zero attached hydrogens (tertiary/aromatic N) is 1. The van der Waals surface area contributed by atoms with E-state index in [9.17, 15) is 40.5 Å². The van der Waals surface area contributed by atoms with Crippen LogP contribution in [0, 0.1) is 5.41 Å². The van der Waals surface area contributed by atoms with Gasteiger partial charge in [0.1, 0.15) is 12.2 Å². The second-order valence-corrected chi connectivity index (χ2v) is 14.7. The highest BCUT2D eigenvalue weighted by molar-refractivity contribution is 5.73. The summed E-state index contributed by atoms with van der Waals surface area (Å²) in [5, 5.41) is 88.8. The second kappa shape index (κ2) is 21.2. The molecule has 0 aliphatic carbocycles. The van der Waals surface area contributed by atoms with Gasteiger partial charge in [0.05, 0.1) is 79.7 Å². The van der Waals surface area contributed by atoms with E-state index in [0.29, 0.717) is 6.42 Å². The molecule has 0 aliphatic rings. The predicted octanol–water partition coefficient (Wildman–Crippen LogP) is -0.878. The van der Waals surface area contributed by atoms with Crippen molar-refractivity contribution < 1.29 is 69.7 Å². The van der Waals surface area contributed by atoms with Crippen molar-refractivity contribution in [2.24, 2.45) is 5.41 Å². The van der Waals surface area contributed by atoms with Gasteiger partial charge in [0.25, 0.3) is 0 Å². The first-order valence-electron chi connectivity index (χ1n) is 16.2. The van der Waals surface area contributed by atoms with Gasteiger partial charge >= 0.3 is 5.97 Å². The van der Waals surface area contributed by atoms with Crippen molar-refractivity contribution in [2.45, 2.75) is 128 Å². The molecule has 47 heavy (non-hydrogen) atoms. The zero-order valence-corrected chi connectivity index (χ0v) is 29.7. The molecule has 0 amide bonds. The summed E-state index contributed by atoms with van der Waals surface area (Å²) in [6.45, 7) is 14.4. The van der Waals surface area contributed by atoms with Gasteiger partial charge in [-0.15, -0.1) is 0 Å². The fraction of sp³-hybridized carbons (Fsp3) is 0.969. The monoisotopic (exact) mass is 687 g/mol. The lowest BCUT2D eigenvalue weighted by Crippen LogP contribution is -2.50. The largest absolute Gasteiger partial charge is 0.481 e. The molecule has 0 fully saturated rings. The van der Waals surface area contributed by atoms with Crippen LogP contribution in [0.4, 0.5) is 0 Å². The third-order valence-electron chi connectivity index (χ3n) is 7.64. The summed E-state index contributed by atoms with van der Waals surface area (Å²) in [5.74, 6) is -0.888. The number of carboxylic acids is 1. The molecule has 0 aromatic rings. The van der Waals surface area contributed by atoms with Gasteiger partial charge in [-0.05, 0) is 74.7 Å². The van der Waals surface area contributed by atoms with Gasteiger partial charge in [0.2, 0.25) is 0 Å². The third kappa shape index (κ3) is 19.7. The molecule has 0 rings (SSSR count). The Morgan fingerprint density at radius 3 is 1.51 bits per heavy atom. The normalized spacial score (nSPS) is 17.4. The number of aliphatic hydroxyl groups is 8. The van der Waals surface area contributed by atoms with E-state index in [0.717, 1.165) is 0 Å². The Balaban J connectivity index is 4.92. The molecule has 0 bridgehead atoms. The molecule has 0 aliphatic heterocycles. The van der Waals surface area contributed by atoms with Crippen molar-refractivity contribution in [3.63, 3.8) is 0 Å². The van der Waals surface area contributed by atoms with Gasteiger partial charge in [-0.1, -0.05) is 0 Å². The predicted molar refractivity (Wildman–Crippen MR) is 173 cm³/mol. The molecule has 0 saturated carbocycles. The number of hydrogen-bond donors (Lipinski definition) is 9. The van der Waals surface area contributed by atoms with Crippen LogP contribution in [0.25, 0.3) is 0 Å². The number of ether oxygens (including phenoxy) is 4. The smallest absolute Gasteiger partial charge is 0.309 e. The van der Waals surface area contributed by atoms with Crippen molar-refractivity contribution in [1.82, 2.24) is 4.90 Å². The summed E-state index contributed by atoms with van der Waals surface area (Å²) < 4.78 is 23.7. The third-order valence-corrected chi connectivity index (χ3v) is 7.64. The Hall–Kier alpha value is -1.05. The molecule has 0 spiro atoms. The Morgan fingerprint density at radius 1 is 0.617 bits per heavy atom. The van der Waals surface area contributed by atoms with Crippen molar-refractivity contribution >= 4 is 5.97 Å². The molecular weight excluding hydrogens is 622 g/mol. The second-order valence-electron chi connectivity index (χ2n) is 14.7. The maximum absolute atomic E-state index is 11.5. The summed E-state index contributed by atoms with van der Waals surface area (Å²) >= 11 is 0. The Kier molecular flexibility index (Phi) is 20.8. The lowest BCUT2D eigenvalue weighted by Gasteiger charge is -2.35. The molecule has 0 radical (unpaired) electrons. The van der Waals surface area contributed by atoms with Crippen LogP contribution in [0.5, 0.6) is 0 Å². The van der Waals surface area contributed by atoms with Crippen LogP contribution in [0.3, 0.4) is 0 Å². The molecule has 0 saturated heterocycles. The van der Waals surface area contributed by atoms with Gasteiger partial charge in [0, 0.05) is 32.8 Å². The van der Waals surface area contributed by atoms with E-state index in [1.165, 1.54) is 4.90 Å². The topological polar surface area (TPSA) is 239 Å². The van der Waals surface area contributed by atoms with Crippen LogP contribution in [0.15, 0.2) is 0 Å². The van der Waals surface area contributed by atoms with Crippen LogP contribution in [-0.2, 0) is 23.7 Å². The van der Waals surface area contributed by atoms with Crippen LogP contribution < -0.4 is 0 Å². The molecule has 15 heteroatoms. The molecule has 0 aromatic carbocycles. The highest BCUT2D eigenvalue weighted by atomic mass is 16.6. The average Bonchev–Trinajstić information content (AvgIpc) is 2.94. The molecule has 282 valence electrons. The number of aliphatic carboxylic acids is 1. The maximum Gasteiger partial charge on any atom is 0.309 e. The SMILES string of the molecule is CC(C)(COCCOC(C)(C)COC(C)(C)CC(C)(C)C(=O)O)OCCN(CC(O)C(O)C(O)CCO)CC(O)C(O)C(O)CCO. The maximum atomic E-state index is 11.5. The van der Waals surface area contributed by atoms with E-state index >= 15 is 0 Å². The lowest BCUT2D eigenvalue weighted by atomic mass is 9.82. The molecule has 0 aromatic heterocycles. The van der Waals surface area contributed by atoms with Gasteiger partial charge in [0.15, 0.2) is 0 Å². The van der Waals surface area contributed by atoms with Crippen molar-refractivity contribution in [2.75, 3.05) is 65.9 Å². The fourth-order valence-electron chi connectivity index (χ4n) is 4.91. The number of hydrogen-bond acceptors (Lipinski definition) is 14. The highest BCUT2D eigenvalue weighted by Gasteiger charge is 2.36. The van der Waals surface area contributed by atoms with Crippen molar-refractivity contribution in [3.05, 3.63) is 0 Å². The average molecular weight is 688 g/mol. The van der Waals surface area contributed by atoms with Gasteiger partial charge < -0.3 is 64.9 Å². The molecule has 6 unspecified atom stereocenters. The summed E-state index contributed by atoms with van der Waals surface area (Å²) in [7, 11) is 0. The first kappa shape index (κ1) is 46.0. The van der Waals surface area contributed by atoms with E-state index in [1.54, 1.807) is 13.8 Å². The Bertz CT molecular complexity index is 830. The molecular formula is C32H65NO14. The molecule has 15 nitrogen and oxygen atoms in total. The standard InChI is InChI=1S/C32H65NO14/c1-29(2,28(42)43)19-30(3,4)47-21-32(7,8)46-16-15-44-20-31(5,6)45-14-11-33(17-24(38)26(40)22(36)9-12-34)18-25(39)27(41)23(37)10-13-35/h22-27,34-41H,9-21H2,1-8H3,(H,42,43). The van der Waals surface area contributed by atoms with E-state index in [2.05, 4.69) is 0 Å². The van der Waals surface area contributed by atoms with Crippen LogP contribution >= 0.6 is 0 Å². The van der Waals surface area contributed by atoms with Crippen LogP contribution in [0.2, 0.25) is 0 Å². The number of carboxylic acid groups (broad SMARTS) is 1. The minimum atomic E-state index is -1.58. The van der Waals surface area contributed by atoms with Crippen LogP contribution in [-0.4, -0.2) is 176 Å². The fourth-order valence-corrected chi connectivity index (χ4v) is 4.91. The van der Waals surface area contributed by atoms with Gasteiger partial charge in [-0.3, -0.25) is 9.69 Å². The quantitative estimate of drug-likeness (QED) is 0.0454. The summed E-state index contributed by atoms with van der Waals surface area (Å²) in [4.78, 5) is 13.0. The Morgan fingerprint density at radius 2 is 1.06 bits per heavy atom. The number of rotatable bonds is 28. The van der Waals surface area contributed by atoms with Crippen molar-refractivity contribution in [3.8, 4) is 0 Å². The lowest BCUT2D eigenvalue weighted by molar-refractivity contribution is -0.158. The summed E-state index contributed by atoms with van der Waals surface area (Å²) in [6.07, 6.45) is -8.80. The molecule has 0 heterocycles.